The lowest BCUT2D eigenvalue weighted by molar-refractivity contribution is -0.565. The quantitative estimate of drug-likeness (QED) is 0.817. The summed E-state index contributed by atoms with van der Waals surface area (Å²) < 4.78 is 2.22. The number of benzene rings is 1. The predicted octanol–water partition coefficient (Wildman–Crippen LogP) is 2.96. The maximum Gasteiger partial charge on any atom is 0.233 e. The molecular formula is C14H20ClN2+. The van der Waals surface area contributed by atoms with E-state index < -0.39 is 0 Å². The van der Waals surface area contributed by atoms with E-state index in [0.717, 1.165) is 13.1 Å². The Morgan fingerprint density at radius 1 is 1.24 bits per heavy atom. The van der Waals surface area contributed by atoms with Crippen molar-refractivity contribution in [1.82, 2.24) is 5.32 Å². The fraction of sp³-hybridized carbons (Fsp3) is 0.500. The molecule has 2 rings (SSSR count). The second-order valence-corrected chi connectivity index (χ2v) is 4.76. The number of halogens is 1. The van der Waals surface area contributed by atoms with Crippen LogP contribution in [0.4, 0.5) is 0 Å². The molecule has 1 atom stereocenters. The van der Waals surface area contributed by atoms with Gasteiger partial charge in [0, 0.05) is 19.4 Å². The van der Waals surface area contributed by atoms with Crippen LogP contribution in [-0.4, -0.2) is 23.0 Å². The molecule has 0 aromatic heterocycles. The molecule has 0 amide bonds. The Labute approximate surface area is 108 Å². The summed E-state index contributed by atoms with van der Waals surface area (Å²) in [5.74, 6) is 0. The number of nitrogens with zero attached hydrogens (tertiary/aromatic N) is 1. The molecule has 1 heterocycles. The van der Waals surface area contributed by atoms with E-state index in [1.54, 1.807) is 5.67 Å². The summed E-state index contributed by atoms with van der Waals surface area (Å²) in [4.78, 5) is 0. The highest BCUT2D eigenvalue weighted by Crippen LogP contribution is 2.12. The van der Waals surface area contributed by atoms with Gasteiger partial charge in [-0.25, -0.2) is 4.58 Å². The highest BCUT2D eigenvalue weighted by molar-refractivity contribution is 6.54. The van der Waals surface area contributed by atoms with Crippen molar-refractivity contribution in [3.8, 4) is 0 Å². The first kappa shape index (κ1) is 12.6. The van der Waals surface area contributed by atoms with Crippen LogP contribution in [0.1, 0.15) is 31.2 Å². The van der Waals surface area contributed by atoms with Crippen molar-refractivity contribution in [2.24, 2.45) is 0 Å². The summed E-state index contributed by atoms with van der Waals surface area (Å²) in [5.41, 5.74) is 3.03. The molecule has 0 radical (unpaired) electrons. The molecule has 1 aliphatic heterocycles. The van der Waals surface area contributed by atoms with Crippen molar-refractivity contribution in [3.63, 3.8) is 0 Å². The van der Waals surface area contributed by atoms with Gasteiger partial charge in [0.15, 0.2) is 0 Å². The van der Waals surface area contributed by atoms with Gasteiger partial charge in [-0.2, -0.15) is 0 Å². The highest BCUT2D eigenvalue weighted by atomic mass is 35.5. The Bertz CT molecular complexity index is 362. The summed E-state index contributed by atoms with van der Waals surface area (Å²) in [6.07, 6.45) is 5.40. The topological polar surface area (TPSA) is 15.0 Å². The van der Waals surface area contributed by atoms with Crippen LogP contribution in [0.5, 0.6) is 0 Å². The van der Waals surface area contributed by atoms with Crippen LogP contribution in [0.3, 0.4) is 0 Å². The van der Waals surface area contributed by atoms with E-state index >= 15 is 0 Å². The number of rotatable bonds is 3. The van der Waals surface area contributed by atoms with Gasteiger partial charge in [-0.15, -0.1) is 0 Å². The first-order valence-corrected chi connectivity index (χ1v) is 6.80. The summed E-state index contributed by atoms with van der Waals surface area (Å²) in [5, 5.41) is 3.59. The van der Waals surface area contributed by atoms with Crippen LogP contribution in [0.2, 0.25) is 0 Å². The third-order valence-corrected chi connectivity index (χ3v) is 3.55. The van der Waals surface area contributed by atoms with Crippen molar-refractivity contribution in [2.75, 3.05) is 6.54 Å². The van der Waals surface area contributed by atoms with E-state index in [-0.39, 0.29) is 0 Å². The standard InChI is InChI=1S/C14H20ClN2/c15-12-17-10-6-2-5-9-14(17)16-11-13-7-3-1-4-8-13/h1,3-4,7-8,12,14,16H,2,5-6,9-11H2/q+1/b17-12+. The largest absolute Gasteiger partial charge is 0.255 e. The number of hydrogen-bond donors (Lipinski definition) is 1. The molecule has 0 saturated carbocycles. The minimum Gasteiger partial charge on any atom is -0.255 e. The molecule has 17 heavy (non-hydrogen) atoms. The molecule has 1 fully saturated rings. The molecule has 0 spiro atoms. The van der Waals surface area contributed by atoms with E-state index in [4.69, 9.17) is 11.6 Å². The lowest BCUT2D eigenvalue weighted by atomic mass is 10.2. The van der Waals surface area contributed by atoms with E-state index in [1.165, 1.54) is 31.2 Å². The molecule has 1 aromatic carbocycles. The molecule has 1 saturated heterocycles. The Morgan fingerprint density at radius 2 is 2.06 bits per heavy atom. The normalized spacial score (nSPS) is 23.6. The van der Waals surface area contributed by atoms with Gasteiger partial charge in [0.2, 0.25) is 11.8 Å². The SMILES string of the molecule is Cl/C=[N+]1\CCCCCC1NCc1ccccc1. The van der Waals surface area contributed by atoms with Gasteiger partial charge in [-0.3, -0.25) is 5.32 Å². The second-order valence-electron chi connectivity index (χ2n) is 4.57. The minimum absolute atomic E-state index is 0.384. The molecule has 3 heteroatoms. The maximum absolute atomic E-state index is 5.89. The second kappa shape index (κ2) is 6.77. The summed E-state index contributed by atoms with van der Waals surface area (Å²) in [6, 6.07) is 10.5. The van der Waals surface area contributed by atoms with Gasteiger partial charge in [-0.1, -0.05) is 30.3 Å². The molecule has 1 aliphatic rings. The van der Waals surface area contributed by atoms with Gasteiger partial charge in [0.1, 0.15) is 6.54 Å². The minimum atomic E-state index is 0.384. The predicted molar refractivity (Wildman–Crippen MR) is 72.6 cm³/mol. The molecule has 0 bridgehead atoms. The van der Waals surface area contributed by atoms with Crippen molar-refractivity contribution < 1.29 is 4.58 Å². The Kier molecular flexibility index (Phi) is 5.02. The zero-order chi connectivity index (χ0) is 11.9. The van der Waals surface area contributed by atoms with Crippen LogP contribution in [-0.2, 0) is 6.54 Å². The molecule has 1 aromatic rings. The lowest BCUT2D eigenvalue weighted by Gasteiger charge is -2.14. The Hall–Kier alpha value is -0.860. The molecule has 1 unspecified atom stereocenters. The van der Waals surface area contributed by atoms with Crippen LogP contribution < -0.4 is 5.32 Å². The van der Waals surface area contributed by atoms with Gasteiger partial charge in [0.05, 0.1) is 0 Å². The first-order valence-electron chi connectivity index (χ1n) is 6.37. The Morgan fingerprint density at radius 3 is 2.82 bits per heavy atom. The van der Waals surface area contributed by atoms with E-state index in [1.807, 2.05) is 6.07 Å². The summed E-state index contributed by atoms with van der Waals surface area (Å²) in [6.45, 7) is 1.97. The highest BCUT2D eigenvalue weighted by Gasteiger charge is 2.22. The molecule has 0 aliphatic carbocycles. The molecule has 2 nitrogen and oxygen atoms in total. The van der Waals surface area contributed by atoms with Crippen LogP contribution >= 0.6 is 11.6 Å². The third kappa shape index (κ3) is 3.83. The smallest absolute Gasteiger partial charge is 0.233 e. The molecule has 1 N–H and O–H groups in total. The zero-order valence-electron chi connectivity index (χ0n) is 10.1. The van der Waals surface area contributed by atoms with Crippen molar-refractivity contribution in [3.05, 3.63) is 35.9 Å². The van der Waals surface area contributed by atoms with E-state index in [0.29, 0.717) is 6.17 Å². The van der Waals surface area contributed by atoms with Gasteiger partial charge in [-0.05, 0) is 30.0 Å². The monoisotopic (exact) mass is 251 g/mol. The van der Waals surface area contributed by atoms with Crippen LogP contribution in [0.15, 0.2) is 30.3 Å². The van der Waals surface area contributed by atoms with Gasteiger partial charge >= 0.3 is 0 Å². The molecule has 92 valence electrons. The lowest BCUT2D eigenvalue weighted by Crippen LogP contribution is -2.39. The van der Waals surface area contributed by atoms with Crippen molar-refractivity contribution >= 4 is 17.3 Å². The fourth-order valence-electron chi connectivity index (χ4n) is 2.30. The number of hydrogen-bond acceptors (Lipinski definition) is 1. The zero-order valence-corrected chi connectivity index (χ0v) is 10.9. The van der Waals surface area contributed by atoms with E-state index in [2.05, 4.69) is 34.2 Å². The van der Waals surface area contributed by atoms with Crippen molar-refractivity contribution in [1.29, 1.82) is 0 Å². The van der Waals surface area contributed by atoms with E-state index in [9.17, 15) is 0 Å². The maximum atomic E-state index is 5.89. The first-order chi connectivity index (χ1) is 8.40. The summed E-state index contributed by atoms with van der Waals surface area (Å²) >= 11 is 5.89. The Balaban J connectivity index is 1.92. The fourth-order valence-corrected chi connectivity index (χ4v) is 2.53. The van der Waals surface area contributed by atoms with Crippen LogP contribution in [0.25, 0.3) is 0 Å². The van der Waals surface area contributed by atoms with Gasteiger partial charge in [0.25, 0.3) is 0 Å². The van der Waals surface area contributed by atoms with Crippen LogP contribution in [0, 0.1) is 0 Å². The third-order valence-electron chi connectivity index (χ3n) is 3.30. The molecular weight excluding hydrogens is 232 g/mol. The summed E-state index contributed by atoms with van der Waals surface area (Å²) in [7, 11) is 0. The van der Waals surface area contributed by atoms with Crippen molar-refractivity contribution in [2.45, 2.75) is 38.4 Å². The number of nitrogens with one attached hydrogen (secondary N) is 1. The average molecular weight is 252 g/mol. The van der Waals surface area contributed by atoms with Gasteiger partial charge < -0.3 is 0 Å². The average Bonchev–Trinajstić information content (AvgIpc) is 2.62.